The number of aryl methyl sites for hydroxylation is 2. The Kier molecular flexibility index (Phi) is 5.73. The molecule has 25 heavy (non-hydrogen) atoms. The molecule has 0 aliphatic rings. The van der Waals surface area contributed by atoms with Crippen LogP contribution in [0.3, 0.4) is 0 Å². The van der Waals surface area contributed by atoms with Gasteiger partial charge in [-0.15, -0.1) is 0 Å². The van der Waals surface area contributed by atoms with E-state index in [1.54, 1.807) is 0 Å². The van der Waals surface area contributed by atoms with E-state index in [1.807, 2.05) is 12.1 Å². The first-order valence-electron chi connectivity index (χ1n) is 8.77. The van der Waals surface area contributed by atoms with Crippen LogP contribution in [0.2, 0.25) is 0 Å². The molecule has 0 aliphatic heterocycles. The Labute approximate surface area is 150 Å². The minimum atomic E-state index is 0.692. The van der Waals surface area contributed by atoms with Crippen molar-refractivity contribution in [2.75, 3.05) is 11.9 Å². The van der Waals surface area contributed by atoms with E-state index in [1.165, 1.54) is 27.9 Å². The molecule has 0 bridgehead atoms. The third-order valence-corrected chi connectivity index (χ3v) is 4.27. The molecule has 2 nitrogen and oxygen atoms in total. The summed E-state index contributed by atoms with van der Waals surface area (Å²) < 4.78 is 5.91. The number of hydrogen-bond donors (Lipinski definition) is 1. The summed E-state index contributed by atoms with van der Waals surface area (Å²) in [7, 11) is 0. The lowest BCUT2D eigenvalue weighted by atomic mass is 10.1. The zero-order valence-corrected chi connectivity index (χ0v) is 15.0. The maximum Gasteiger partial charge on any atom is 0.119 e. The van der Waals surface area contributed by atoms with E-state index >= 15 is 0 Å². The molecule has 0 aliphatic carbocycles. The standard InChI is InChI=1S/C23H25NO/c1-18-11-12-23(19(2)15-18)24-17-21-9-6-10-22(16-21)25-14-13-20-7-4-3-5-8-20/h3-12,15-16,24H,13-14,17H2,1-2H3. The van der Waals surface area contributed by atoms with Crippen molar-refractivity contribution in [3.63, 3.8) is 0 Å². The number of nitrogens with one attached hydrogen (secondary N) is 1. The van der Waals surface area contributed by atoms with Crippen LogP contribution in [-0.2, 0) is 13.0 Å². The topological polar surface area (TPSA) is 21.3 Å². The number of anilines is 1. The Morgan fingerprint density at radius 2 is 1.60 bits per heavy atom. The van der Waals surface area contributed by atoms with Gasteiger partial charge in [0.1, 0.15) is 5.75 Å². The van der Waals surface area contributed by atoms with Crippen molar-refractivity contribution in [1.82, 2.24) is 0 Å². The van der Waals surface area contributed by atoms with E-state index in [2.05, 4.69) is 79.8 Å². The minimum Gasteiger partial charge on any atom is -0.493 e. The molecular weight excluding hydrogens is 306 g/mol. The smallest absolute Gasteiger partial charge is 0.119 e. The summed E-state index contributed by atoms with van der Waals surface area (Å²) in [6.07, 6.45) is 0.922. The van der Waals surface area contributed by atoms with Crippen molar-refractivity contribution in [3.8, 4) is 5.75 Å². The van der Waals surface area contributed by atoms with E-state index in [9.17, 15) is 0 Å². The molecule has 0 saturated heterocycles. The highest BCUT2D eigenvalue weighted by molar-refractivity contribution is 5.52. The largest absolute Gasteiger partial charge is 0.493 e. The average molecular weight is 331 g/mol. The quantitative estimate of drug-likeness (QED) is 0.614. The molecule has 3 aromatic rings. The summed E-state index contributed by atoms with van der Waals surface area (Å²) in [4.78, 5) is 0. The first-order chi connectivity index (χ1) is 12.2. The van der Waals surface area contributed by atoms with Crippen LogP contribution in [-0.4, -0.2) is 6.61 Å². The van der Waals surface area contributed by atoms with Crippen molar-refractivity contribution in [2.24, 2.45) is 0 Å². The molecule has 0 aromatic heterocycles. The highest BCUT2D eigenvalue weighted by Gasteiger charge is 2.01. The first kappa shape index (κ1) is 17.1. The summed E-state index contributed by atoms with van der Waals surface area (Å²) in [5, 5.41) is 3.51. The molecule has 0 atom stereocenters. The normalized spacial score (nSPS) is 10.5. The predicted molar refractivity (Wildman–Crippen MR) is 105 cm³/mol. The van der Waals surface area contributed by atoms with E-state index in [0.29, 0.717) is 6.61 Å². The third-order valence-electron chi connectivity index (χ3n) is 4.27. The van der Waals surface area contributed by atoms with Crippen LogP contribution in [0.4, 0.5) is 5.69 Å². The van der Waals surface area contributed by atoms with Gasteiger partial charge in [-0.1, -0.05) is 60.2 Å². The van der Waals surface area contributed by atoms with E-state index < -0.39 is 0 Å². The molecule has 0 heterocycles. The van der Waals surface area contributed by atoms with Crippen LogP contribution < -0.4 is 10.1 Å². The van der Waals surface area contributed by atoms with Gasteiger partial charge < -0.3 is 10.1 Å². The van der Waals surface area contributed by atoms with Gasteiger partial charge in [0.2, 0.25) is 0 Å². The van der Waals surface area contributed by atoms with Gasteiger partial charge >= 0.3 is 0 Å². The van der Waals surface area contributed by atoms with Crippen LogP contribution in [0.1, 0.15) is 22.3 Å². The van der Waals surface area contributed by atoms with E-state index in [-0.39, 0.29) is 0 Å². The maximum atomic E-state index is 5.91. The van der Waals surface area contributed by atoms with Gasteiger partial charge in [-0.25, -0.2) is 0 Å². The SMILES string of the molecule is Cc1ccc(NCc2cccc(OCCc3ccccc3)c2)c(C)c1. The molecule has 0 amide bonds. The molecule has 3 aromatic carbocycles. The molecule has 2 heteroatoms. The van der Waals surface area contributed by atoms with Crippen molar-refractivity contribution in [3.05, 3.63) is 95.1 Å². The fourth-order valence-electron chi connectivity index (χ4n) is 2.89. The summed E-state index contributed by atoms with van der Waals surface area (Å²) in [5.41, 5.74) is 6.26. The average Bonchev–Trinajstić information content (AvgIpc) is 2.62. The fourth-order valence-corrected chi connectivity index (χ4v) is 2.89. The summed E-state index contributed by atoms with van der Waals surface area (Å²) in [5.74, 6) is 0.927. The molecule has 128 valence electrons. The molecule has 0 unspecified atom stereocenters. The van der Waals surface area contributed by atoms with Gasteiger partial charge in [0.15, 0.2) is 0 Å². The van der Waals surface area contributed by atoms with Crippen molar-refractivity contribution >= 4 is 5.69 Å². The van der Waals surface area contributed by atoms with Gasteiger partial charge in [-0.2, -0.15) is 0 Å². The number of ether oxygens (including phenoxy) is 1. The second-order valence-corrected chi connectivity index (χ2v) is 6.40. The summed E-state index contributed by atoms with van der Waals surface area (Å²) >= 11 is 0. The van der Waals surface area contributed by atoms with Gasteiger partial charge in [0, 0.05) is 18.7 Å². The Morgan fingerprint density at radius 1 is 0.800 bits per heavy atom. The summed E-state index contributed by atoms with van der Waals surface area (Å²) in [6.45, 7) is 5.74. The van der Waals surface area contributed by atoms with Crippen molar-refractivity contribution < 1.29 is 4.74 Å². The number of benzene rings is 3. The third kappa shape index (κ3) is 5.12. The predicted octanol–water partition coefficient (Wildman–Crippen LogP) is 5.54. The van der Waals surface area contributed by atoms with Gasteiger partial charge in [-0.3, -0.25) is 0 Å². The van der Waals surface area contributed by atoms with Gasteiger partial charge in [0.05, 0.1) is 6.61 Å². The Balaban J connectivity index is 1.54. The lowest BCUT2D eigenvalue weighted by Gasteiger charge is -2.12. The Bertz CT molecular complexity index is 811. The maximum absolute atomic E-state index is 5.91. The van der Waals surface area contributed by atoms with Crippen LogP contribution in [0, 0.1) is 13.8 Å². The number of rotatable bonds is 7. The van der Waals surface area contributed by atoms with E-state index in [0.717, 1.165) is 18.7 Å². The minimum absolute atomic E-state index is 0.692. The van der Waals surface area contributed by atoms with E-state index in [4.69, 9.17) is 4.74 Å². The van der Waals surface area contributed by atoms with Crippen molar-refractivity contribution in [1.29, 1.82) is 0 Å². The Morgan fingerprint density at radius 3 is 2.40 bits per heavy atom. The summed E-state index contributed by atoms with van der Waals surface area (Å²) in [6, 6.07) is 25.2. The molecule has 1 N–H and O–H groups in total. The first-order valence-corrected chi connectivity index (χ1v) is 8.77. The molecule has 0 saturated carbocycles. The van der Waals surface area contributed by atoms with Gasteiger partial charge in [-0.05, 0) is 48.7 Å². The zero-order chi connectivity index (χ0) is 17.5. The van der Waals surface area contributed by atoms with Crippen LogP contribution in [0.5, 0.6) is 5.75 Å². The monoisotopic (exact) mass is 331 g/mol. The highest BCUT2D eigenvalue weighted by Crippen LogP contribution is 2.19. The van der Waals surface area contributed by atoms with Crippen LogP contribution in [0.15, 0.2) is 72.8 Å². The molecule has 0 radical (unpaired) electrons. The second kappa shape index (κ2) is 8.39. The molecule has 0 fully saturated rings. The van der Waals surface area contributed by atoms with Crippen LogP contribution >= 0.6 is 0 Å². The highest BCUT2D eigenvalue weighted by atomic mass is 16.5. The zero-order valence-electron chi connectivity index (χ0n) is 15.0. The van der Waals surface area contributed by atoms with Crippen LogP contribution in [0.25, 0.3) is 0 Å². The number of hydrogen-bond acceptors (Lipinski definition) is 2. The fraction of sp³-hybridized carbons (Fsp3) is 0.217. The Hall–Kier alpha value is -2.74. The van der Waals surface area contributed by atoms with Crippen molar-refractivity contribution in [2.45, 2.75) is 26.8 Å². The second-order valence-electron chi connectivity index (χ2n) is 6.40. The molecule has 0 spiro atoms. The molecular formula is C23H25NO. The molecule has 3 rings (SSSR count). The lowest BCUT2D eigenvalue weighted by Crippen LogP contribution is -2.03. The lowest BCUT2D eigenvalue weighted by molar-refractivity contribution is 0.321. The van der Waals surface area contributed by atoms with Gasteiger partial charge in [0.25, 0.3) is 0 Å².